The van der Waals surface area contributed by atoms with E-state index in [2.05, 4.69) is 11.9 Å². The van der Waals surface area contributed by atoms with Gasteiger partial charge in [0.05, 0.1) is 6.61 Å². The Morgan fingerprint density at radius 1 is 1.40 bits per heavy atom. The molecule has 2 atom stereocenters. The smallest absolute Gasteiger partial charge is 0.0619 e. The number of ether oxygens (including phenoxy) is 1. The van der Waals surface area contributed by atoms with Crippen LogP contribution in [-0.2, 0) is 4.74 Å². The van der Waals surface area contributed by atoms with Crippen LogP contribution in [-0.4, -0.2) is 25.3 Å². The third kappa shape index (κ3) is 3.62. The molecule has 0 radical (unpaired) electrons. The monoisotopic (exact) mass is 209 g/mol. The summed E-state index contributed by atoms with van der Waals surface area (Å²) in [4.78, 5) is 0. The molecular formula is C13H23NO. The maximum atomic E-state index is 5.50. The standard InChI is InChI=1S/C13H23NO/c1-2-3-6-13(11-7-8-11)14-12-5-4-9-15-10-12/h2,11-14H,1,3-10H2. The SMILES string of the molecule is C=CCCC(NC1CCCOC1)C1CC1. The van der Waals surface area contributed by atoms with Crippen LogP contribution in [0.1, 0.15) is 38.5 Å². The van der Waals surface area contributed by atoms with Crippen molar-refractivity contribution in [1.82, 2.24) is 5.32 Å². The Morgan fingerprint density at radius 2 is 2.27 bits per heavy atom. The zero-order valence-electron chi connectivity index (χ0n) is 9.58. The highest BCUT2D eigenvalue weighted by atomic mass is 16.5. The quantitative estimate of drug-likeness (QED) is 0.679. The van der Waals surface area contributed by atoms with Crippen LogP contribution in [0.5, 0.6) is 0 Å². The van der Waals surface area contributed by atoms with Gasteiger partial charge < -0.3 is 10.1 Å². The van der Waals surface area contributed by atoms with E-state index in [1.807, 2.05) is 6.08 Å². The molecule has 2 fully saturated rings. The largest absolute Gasteiger partial charge is 0.380 e. The van der Waals surface area contributed by atoms with Crippen molar-refractivity contribution in [3.05, 3.63) is 12.7 Å². The van der Waals surface area contributed by atoms with Gasteiger partial charge in [0, 0.05) is 18.7 Å². The first-order valence-electron chi connectivity index (χ1n) is 6.35. The molecule has 1 aliphatic heterocycles. The Bertz CT molecular complexity index is 195. The average Bonchev–Trinajstić information content (AvgIpc) is 3.09. The molecule has 2 rings (SSSR count). The second kappa shape index (κ2) is 5.66. The summed E-state index contributed by atoms with van der Waals surface area (Å²) in [7, 11) is 0. The topological polar surface area (TPSA) is 21.3 Å². The van der Waals surface area contributed by atoms with Crippen LogP contribution in [0.2, 0.25) is 0 Å². The van der Waals surface area contributed by atoms with E-state index in [-0.39, 0.29) is 0 Å². The molecule has 0 bridgehead atoms. The minimum atomic E-state index is 0.606. The fourth-order valence-electron chi connectivity index (χ4n) is 2.43. The van der Waals surface area contributed by atoms with Crippen molar-refractivity contribution in [3.8, 4) is 0 Å². The summed E-state index contributed by atoms with van der Waals surface area (Å²) in [5.41, 5.74) is 0. The summed E-state index contributed by atoms with van der Waals surface area (Å²) in [6.45, 7) is 5.68. The van der Waals surface area contributed by atoms with Crippen LogP contribution in [0, 0.1) is 5.92 Å². The lowest BCUT2D eigenvalue weighted by Gasteiger charge is -2.28. The number of allylic oxidation sites excluding steroid dienone is 1. The molecule has 15 heavy (non-hydrogen) atoms. The van der Waals surface area contributed by atoms with Crippen LogP contribution in [0.3, 0.4) is 0 Å². The number of hydrogen-bond donors (Lipinski definition) is 1. The van der Waals surface area contributed by atoms with E-state index < -0.39 is 0 Å². The van der Waals surface area contributed by atoms with Crippen LogP contribution in [0.4, 0.5) is 0 Å². The number of hydrogen-bond acceptors (Lipinski definition) is 2. The van der Waals surface area contributed by atoms with Gasteiger partial charge in [-0.3, -0.25) is 0 Å². The average molecular weight is 209 g/mol. The molecule has 1 aliphatic carbocycles. The van der Waals surface area contributed by atoms with Gasteiger partial charge >= 0.3 is 0 Å². The molecule has 1 saturated carbocycles. The van der Waals surface area contributed by atoms with Gasteiger partial charge in [0.25, 0.3) is 0 Å². The molecule has 86 valence electrons. The zero-order valence-corrected chi connectivity index (χ0v) is 9.58. The van der Waals surface area contributed by atoms with E-state index >= 15 is 0 Å². The van der Waals surface area contributed by atoms with Gasteiger partial charge in [-0.2, -0.15) is 0 Å². The summed E-state index contributed by atoms with van der Waals surface area (Å²) in [6.07, 6.45) is 9.78. The normalized spacial score (nSPS) is 28.7. The molecule has 0 aromatic heterocycles. The highest BCUT2D eigenvalue weighted by Crippen LogP contribution is 2.35. The zero-order chi connectivity index (χ0) is 10.5. The Kier molecular flexibility index (Phi) is 4.21. The van der Waals surface area contributed by atoms with E-state index in [1.54, 1.807) is 0 Å². The molecule has 2 nitrogen and oxygen atoms in total. The molecular weight excluding hydrogens is 186 g/mol. The molecule has 0 spiro atoms. The Hall–Kier alpha value is -0.340. The van der Waals surface area contributed by atoms with Gasteiger partial charge in [-0.1, -0.05) is 6.08 Å². The molecule has 2 aliphatic rings. The van der Waals surface area contributed by atoms with E-state index in [1.165, 1.54) is 32.1 Å². The lowest BCUT2D eigenvalue weighted by Crippen LogP contribution is -2.44. The highest BCUT2D eigenvalue weighted by Gasteiger charge is 2.32. The minimum Gasteiger partial charge on any atom is -0.380 e. The fourth-order valence-corrected chi connectivity index (χ4v) is 2.43. The molecule has 0 aromatic rings. The van der Waals surface area contributed by atoms with Crippen molar-refractivity contribution in [2.45, 2.75) is 50.6 Å². The fraction of sp³-hybridized carbons (Fsp3) is 0.846. The summed E-state index contributed by atoms with van der Waals surface area (Å²) < 4.78 is 5.50. The van der Waals surface area contributed by atoms with E-state index in [4.69, 9.17) is 4.74 Å². The predicted octanol–water partition coefficient (Wildman–Crippen LogP) is 2.50. The number of rotatable bonds is 6. The van der Waals surface area contributed by atoms with Crippen LogP contribution >= 0.6 is 0 Å². The minimum absolute atomic E-state index is 0.606. The van der Waals surface area contributed by atoms with Gasteiger partial charge in [0.15, 0.2) is 0 Å². The lowest BCUT2D eigenvalue weighted by atomic mass is 10.0. The van der Waals surface area contributed by atoms with Gasteiger partial charge in [-0.25, -0.2) is 0 Å². The molecule has 1 saturated heterocycles. The maximum Gasteiger partial charge on any atom is 0.0619 e. The van der Waals surface area contributed by atoms with Crippen LogP contribution < -0.4 is 5.32 Å². The van der Waals surface area contributed by atoms with Crippen molar-refractivity contribution in [3.63, 3.8) is 0 Å². The Balaban J connectivity index is 1.74. The third-order valence-electron chi connectivity index (χ3n) is 3.48. The molecule has 1 heterocycles. The van der Waals surface area contributed by atoms with Crippen LogP contribution in [0.15, 0.2) is 12.7 Å². The highest BCUT2D eigenvalue weighted by molar-refractivity contribution is 4.90. The van der Waals surface area contributed by atoms with E-state index in [0.29, 0.717) is 6.04 Å². The lowest BCUT2D eigenvalue weighted by molar-refractivity contribution is 0.0648. The number of nitrogens with one attached hydrogen (secondary N) is 1. The summed E-state index contributed by atoms with van der Waals surface area (Å²) in [5, 5.41) is 3.78. The Labute approximate surface area is 93.1 Å². The predicted molar refractivity (Wildman–Crippen MR) is 62.9 cm³/mol. The van der Waals surface area contributed by atoms with Gasteiger partial charge in [-0.15, -0.1) is 6.58 Å². The Morgan fingerprint density at radius 3 is 2.87 bits per heavy atom. The van der Waals surface area contributed by atoms with Crippen molar-refractivity contribution in [1.29, 1.82) is 0 Å². The maximum absolute atomic E-state index is 5.50. The molecule has 0 aromatic carbocycles. The van der Waals surface area contributed by atoms with Crippen molar-refractivity contribution in [2.24, 2.45) is 5.92 Å². The van der Waals surface area contributed by atoms with Crippen molar-refractivity contribution < 1.29 is 4.74 Å². The second-order valence-corrected chi connectivity index (χ2v) is 4.89. The van der Waals surface area contributed by atoms with Crippen molar-refractivity contribution >= 4 is 0 Å². The summed E-state index contributed by atoms with van der Waals surface area (Å²) in [5.74, 6) is 0.937. The molecule has 1 N–H and O–H groups in total. The summed E-state index contributed by atoms with van der Waals surface area (Å²) in [6, 6.07) is 1.32. The third-order valence-corrected chi connectivity index (χ3v) is 3.48. The molecule has 2 heteroatoms. The second-order valence-electron chi connectivity index (χ2n) is 4.89. The van der Waals surface area contributed by atoms with E-state index in [0.717, 1.165) is 31.6 Å². The van der Waals surface area contributed by atoms with Crippen LogP contribution in [0.25, 0.3) is 0 Å². The first kappa shape index (κ1) is 11.2. The van der Waals surface area contributed by atoms with Gasteiger partial charge in [-0.05, 0) is 44.4 Å². The molecule has 0 amide bonds. The molecule has 2 unspecified atom stereocenters. The first-order valence-corrected chi connectivity index (χ1v) is 6.35. The van der Waals surface area contributed by atoms with Gasteiger partial charge in [0.1, 0.15) is 0 Å². The van der Waals surface area contributed by atoms with Gasteiger partial charge in [0.2, 0.25) is 0 Å². The van der Waals surface area contributed by atoms with E-state index in [9.17, 15) is 0 Å². The summed E-state index contributed by atoms with van der Waals surface area (Å²) >= 11 is 0. The van der Waals surface area contributed by atoms with Crippen molar-refractivity contribution in [2.75, 3.05) is 13.2 Å². The first-order chi connectivity index (χ1) is 7.40.